The summed E-state index contributed by atoms with van der Waals surface area (Å²) in [7, 11) is 0. The van der Waals surface area contributed by atoms with Crippen LogP contribution in [-0.4, -0.2) is 0 Å². The van der Waals surface area contributed by atoms with Gasteiger partial charge in [0.2, 0.25) is 0 Å². The zero-order chi connectivity index (χ0) is 16.7. The lowest BCUT2D eigenvalue weighted by Crippen LogP contribution is -2.42. The molecular weight excluding hydrogens is 276 g/mol. The minimum atomic E-state index is 0.613. The first-order chi connectivity index (χ1) is 11.1. The van der Waals surface area contributed by atoms with E-state index in [0.29, 0.717) is 5.41 Å². The normalized spacial score (nSPS) is 26.6. The molecule has 0 radical (unpaired) electrons. The molecule has 2 aliphatic rings. The van der Waals surface area contributed by atoms with Gasteiger partial charge in [-0.05, 0) is 54.8 Å². The first-order valence-electron chi connectivity index (χ1n) is 11.1. The van der Waals surface area contributed by atoms with Crippen molar-refractivity contribution in [2.75, 3.05) is 0 Å². The van der Waals surface area contributed by atoms with Crippen molar-refractivity contribution in [1.82, 2.24) is 0 Å². The van der Waals surface area contributed by atoms with Gasteiger partial charge < -0.3 is 0 Å². The summed E-state index contributed by atoms with van der Waals surface area (Å²) in [6.45, 7) is 10.2. The quantitative estimate of drug-likeness (QED) is 0.425. The van der Waals surface area contributed by atoms with Crippen LogP contribution in [0.5, 0.6) is 0 Å². The molecule has 0 heteroatoms. The van der Waals surface area contributed by atoms with Crippen LogP contribution in [0.2, 0.25) is 0 Å². The fourth-order valence-corrected chi connectivity index (χ4v) is 6.49. The van der Waals surface area contributed by atoms with Crippen LogP contribution >= 0.6 is 0 Å². The highest BCUT2D eigenvalue weighted by Gasteiger charge is 2.44. The Balaban J connectivity index is 2.17. The average molecular weight is 321 g/mol. The molecule has 0 aliphatic heterocycles. The summed E-state index contributed by atoms with van der Waals surface area (Å²) >= 11 is 0. The Labute approximate surface area is 147 Å². The van der Waals surface area contributed by atoms with Crippen molar-refractivity contribution >= 4 is 0 Å². The van der Waals surface area contributed by atoms with E-state index in [1.54, 1.807) is 0 Å². The first kappa shape index (κ1) is 19.3. The number of hydrogen-bond donors (Lipinski definition) is 0. The van der Waals surface area contributed by atoms with Crippen LogP contribution in [-0.2, 0) is 0 Å². The van der Waals surface area contributed by atoms with Gasteiger partial charge in [0.1, 0.15) is 0 Å². The van der Waals surface area contributed by atoms with Crippen LogP contribution in [0.4, 0.5) is 0 Å². The highest BCUT2D eigenvalue weighted by atomic mass is 14.5. The summed E-state index contributed by atoms with van der Waals surface area (Å²) in [6.07, 6.45) is 20.8. The minimum Gasteiger partial charge on any atom is -0.0654 e. The van der Waals surface area contributed by atoms with Crippen LogP contribution < -0.4 is 0 Å². The topological polar surface area (TPSA) is 0 Å². The highest BCUT2D eigenvalue weighted by Crippen LogP contribution is 2.53. The highest BCUT2D eigenvalue weighted by molar-refractivity contribution is 4.93. The molecule has 136 valence electrons. The van der Waals surface area contributed by atoms with E-state index in [4.69, 9.17) is 0 Å². The van der Waals surface area contributed by atoms with E-state index >= 15 is 0 Å². The van der Waals surface area contributed by atoms with E-state index in [-0.39, 0.29) is 0 Å². The molecule has 0 aromatic carbocycles. The maximum atomic E-state index is 2.71. The zero-order valence-corrected chi connectivity index (χ0v) is 16.7. The molecular formula is C23H44. The lowest BCUT2D eigenvalue weighted by molar-refractivity contribution is -0.00526. The monoisotopic (exact) mass is 320 g/mol. The Kier molecular flexibility index (Phi) is 7.96. The predicted octanol–water partition coefficient (Wildman–Crippen LogP) is 8.01. The van der Waals surface area contributed by atoms with E-state index in [0.717, 1.165) is 23.7 Å². The van der Waals surface area contributed by atoms with Crippen molar-refractivity contribution in [3.8, 4) is 0 Å². The van der Waals surface area contributed by atoms with Crippen LogP contribution in [0.15, 0.2) is 0 Å². The molecule has 0 aromatic heterocycles. The summed E-state index contributed by atoms with van der Waals surface area (Å²) in [5, 5.41) is 0. The molecule has 0 N–H and O–H groups in total. The Bertz CT molecular complexity index is 308. The van der Waals surface area contributed by atoms with Crippen LogP contribution in [0.3, 0.4) is 0 Å². The lowest BCUT2D eigenvalue weighted by atomic mass is 9.55. The molecule has 0 nitrogen and oxygen atoms in total. The van der Waals surface area contributed by atoms with E-state index in [1.807, 2.05) is 0 Å². The van der Waals surface area contributed by atoms with Crippen molar-refractivity contribution < 1.29 is 0 Å². The van der Waals surface area contributed by atoms with E-state index in [1.165, 1.54) is 89.9 Å². The van der Waals surface area contributed by atoms with E-state index < -0.39 is 0 Å². The van der Waals surface area contributed by atoms with Crippen LogP contribution in [0.25, 0.3) is 0 Å². The van der Waals surface area contributed by atoms with Crippen LogP contribution in [0, 0.1) is 29.1 Å². The number of hydrogen-bond acceptors (Lipinski definition) is 0. The summed E-state index contributed by atoms with van der Waals surface area (Å²) in [5.41, 5.74) is 0.613. The van der Waals surface area contributed by atoms with E-state index in [2.05, 4.69) is 27.7 Å². The molecule has 2 fully saturated rings. The molecule has 0 amide bonds. The molecule has 0 bridgehead atoms. The standard InChI is InChI=1S/C23H44/c1-5-13-22(19(3)20-14-9-7-10-15-20)23(4,18-6-2)21-16-11-8-12-17-21/h19-22H,5-18H2,1-4H3. The predicted molar refractivity (Wildman–Crippen MR) is 104 cm³/mol. The second kappa shape index (κ2) is 9.47. The summed E-state index contributed by atoms with van der Waals surface area (Å²) in [4.78, 5) is 0. The fourth-order valence-electron chi connectivity index (χ4n) is 6.49. The van der Waals surface area contributed by atoms with Gasteiger partial charge in [-0.15, -0.1) is 0 Å². The fraction of sp³-hybridized carbons (Fsp3) is 1.00. The average Bonchev–Trinajstić information content (AvgIpc) is 2.60. The maximum Gasteiger partial charge on any atom is -0.0267 e. The van der Waals surface area contributed by atoms with Gasteiger partial charge in [0.25, 0.3) is 0 Å². The summed E-state index contributed by atoms with van der Waals surface area (Å²) in [6, 6.07) is 0. The Morgan fingerprint density at radius 1 is 0.826 bits per heavy atom. The van der Waals surface area contributed by atoms with Crippen molar-refractivity contribution in [2.24, 2.45) is 29.1 Å². The third-order valence-electron chi connectivity index (χ3n) is 7.80. The summed E-state index contributed by atoms with van der Waals surface area (Å²) in [5.74, 6) is 3.96. The molecule has 0 spiro atoms. The Morgan fingerprint density at radius 3 is 1.91 bits per heavy atom. The lowest BCUT2D eigenvalue weighted by Gasteiger charge is -2.50. The van der Waals surface area contributed by atoms with Gasteiger partial charge in [-0.2, -0.15) is 0 Å². The molecule has 23 heavy (non-hydrogen) atoms. The molecule has 3 atom stereocenters. The zero-order valence-electron chi connectivity index (χ0n) is 16.7. The van der Waals surface area contributed by atoms with Crippen molar-refractivity contribution in [2.45, 2.75) is 118 Å². The van der Waals surface area contributed by atoms with E-state index in [9.17, 15) is 0 Å². The first-order valence-corrected chi connectivity index (χ1v) is 11.1. The molecule has 2 aliphatic carbocycles. The molecule has 0 saturated heterocycles. The van der Waals surface area contributed by atoms with Gasteiger partial charge in [-0.1, -0.05) is 91.9 Å². The Morgan fingerprint density at radius 2 is 1.39 bits per heavy atom. The van der Waals surface area contributed by atoms with Crippen LogP contribution in [0.1, 0.15) is 118 Å². The second-order valence-electron chi connectivity index (χ2n) is 9.24. The third-order valence-corrected chi connectivity index (χ3v) is 7.80. The molecule has 0 aromatic rings. The molecule has 0 heterocycles. The largest absolute Gasteiger partial charge is 0.0654 e. The minimum absolute atomic E-state index is 0.613. The van der Waals surface area contributed by atoms with Gasteiger partial charge in [-0.3, -0.25) is 0 Å². The van der Waals surface area contributed by atoms with Gasteiger partial charge in [0.05, 0.1) is 0 Å². The van der Waals surface area contributed by atoms with Gasteiger partial charge >= 0.3 is 0 Å². The Hall–Kier alpha value is 0. The van der Waals surface area contributed by atoms with Crippen molar-refractivity contribution in [3.05, 3.63) is 0 Å². The summed E-state index contributed by atoms with van der Waals surface area (Å²) < 4.78 is 0. The van der Waals surface area contributed by atoms with Gasteiger partial charge in [-0.25, -0.2) is 0 Å². The van der Waals surface area contributed by atoms with Gasteiger partial charge in [0, 0.05) is 0 Å². The van der Waals surface area contributed by atoms with Gasteiger partial charge in [0.15, 0.2) is 0 Å². The third kappa shape index (κ3) is 4.76. The maximum absolute atomic E-state index is 2.71. The second-order valence-corrected chi connectivity index (χ2v) is 9.24. The molecule has 3 unspecified atom stereocenters. The SMILES string of the molecule is CCCC(C(C)C1CCCCC1)C(C)(CCC)C1CCCCC1. The number of rotatable bonds is 8. The molecule has 2 saturated carbocycles. The smallest absolute Gasteiger partial charge is 0.0267 e. The molecule has 2 rings (SSSR count). The van der Waals surface area contributed by atoms with Crippen molar-refractivity contribution in [3.63, 3.8) is 0 Å². The van der Waals surface area contributed by atoms with Crippen molar-refractivity contribution in [1.29, 1.82) is 0 Å².